The van der Waals surface area contributed by atoms with E-state index >= 15 is 0 Å². The highest BCUT2D eigenvalue weighted by molar-refractivity contribution is 5.77. The number of anilines is 1. The highest BCUT2D eigenvalue weighted by atomic mass is 16.5. The Hall–Kier alpha value is -2.03. The van der Waals surface area contributed by atoms with Crippen molar-refractivity contribution in [2.75, 3.05) is 51.3 Å². The van der Waals surface area contributed by atoms with Crippen LogP contribution in [0.4, 0.5) is 5.95 Å². The number of ether oxygens (including phenoxy) is 1. The molecule has 5 rings (SSSR count). The normalized spacial score (nSPS) is 27.2. The molecule has 1 N–H and O–H groups in total. The maximum absolute atomic E-state index is 13.2. The molecular formula is C22H31N5O3. The van der Waals surface area contributed by atoms with Crippen LogP contribution in [0.3, 0.4) is 0 Å². The molecule has 1 aliphatic carbocycles. The summed E-state index contributed by atoms with van der Waals surface area (Å²) in [4.78, 5) is 26.7. The standard InChI is InChI=1S/C22H31N5O3/c1-25-9-7-22(29,21(15-25)5-2-3-6-21)16-27-8-4-18-17(19(27)28)14-23-20(24-18)26-10-12-30-13-11-26/h4,8,14,29H,2-3,5-7,9-13,15-16H2,1H3. The number of hydrogen-bond donors (Lipinski definition) is 1. The Morgan fingerprint density at radius 2 is 1.93 bits per heavy atom. The summed E-state index contributed by atoms with van der Waals surface area (Å²) in [6.07, 6.45) is 8.49. The molecule has 2 aromatic heterocycles. The Kier molecular flexibility index (Phi) is 5.03. The van der Waals surface area contributed by atoms with Crippen molar-refractivity contribution in [1.82, 2.24) is 19.4 Å². The van der Waals surface area contributed by atoms with Crippen LogP contribution in [0.5, 0.6) is 0 Å². The van der Waals surface area contributed by atoms with Gasteiger partial charge in [-0.25, -0.2) is 9.97 Å². The first-order chi connectivity index (χ1) is 14.5. The number of likely N-dealkylation sites (tertiary alicyclic amines) is 1. The van der Waals surface area contributed by atoms with Crippen molar-refractivity contribution in [3.8, 4) is 0 Å². The first kappa shape index (κ1) is 19.9. The second kappa shape index (κ2) is 7.59. The topological polar surface area (TPSA) is 83.7 Å². The maximum Gasteiger partial charge on any atom is 0.261 e. The molecule has 30 heavy (non-hydrogen) atoms. The summed E-state index contributed by atoms with van der Waals surface area (Å²) in [5.41, 5.74) is -0.451. The predicted octanol–water partition coefficient (Wildman–Crippen LogP) is 1.26. The zero-order valence-corrected chi connectivity index (χ0v) is 17.7. The van der Waals surface area contributed by atoms with Crippen LogP contribution in [-0.2, 0) is 11.3 Å². The molecule has 0 amide bonds. The minimum Gasteiger partial charge on any atom is -0.387 e. The van der Waals surface area contributed by atoms with E-state index in [0.717, 1.165) is 51.9 Å². The Labute approximate surface area is 176 Å². The Balaban J connectivity index is 1.46. The third kappa shape index (κ3) is 3.31. The molecule has 3 aliphatic rings. The van der Waals surface area contributed by atoms with E-state index in [4.69, 9.17) is 4.74 Å². The van der Waals surface area contributed by atoms with Gasteiger partial charge in [0.25, 0.3) is 5.56 Å². The van der Waals surface area contributed by atoms with Crippen molar-refractivity contribution in [3.05, 3.63) is 28.8 Å². The van der Waals surface area contributed by atoms with E-state index in [-0.39, 0.29) is 11.0 Å². The molecule has 8 heteroatoms. The van der Waals surface area contributed by atoms with E-state index in [9.17, 15) is 9.90 Å². The molecule has 1 unspecified atom stereocenters. The Morgan fingerprint density at radius 3 is 2.70 bits per heavy atom. The van der Waals surface area contributed by atoms with Crippen molar-refractivity contribution in [2.24, 2.45) is 5.41 Å². The number of rotatable bonds is 3. The fourth-order valence-corrected chi connectivity index (χ4v) is 5.69. The van der Waals surface area contributed by atoms with Gasteiger partial charge in [0.2, 0.25) is 5.95 Å². The summed E-state index contributed by atoms with van der Waals surface area (Å²) in [7, 11) is 2.13. The van der Waals surface area contributed by atoms with Crippen molar-refractivity contribution >= 4 is 16.9 Å². The smallest absolute Gasteiger partial charge is 0.261 e. The van der Waals surface area contributed by atoms with Gasteiger partial charge in [0.1, 0.15) is 0 Å². The van der Waals surface area contributed by atoms with Crippen molar-refractivity contribution in [1.29, 1.82) is 0 Å². The van der Waals surface area contributed by atoms with E-state index in [2.05, 4.69) is 26.8 Å². The minimum atomic E-state index is -0.859. The van der Waals surface area contributed by atoms with Crippen LogP contribution >= 0.6 is 0 Å². The molecule has 1 saturated carbocycles. The van der Waals surface area contributed by atoms with Gasteiger partial charge in [-0.2, -0.15) is 0 Å². The van der Waals surface area contributed by atoms with E-state index in [1.54, 1.807) is 17.0 Å². The van der Waals surface area contributed by atoms with Crippen LogP contribution in [-0.4, -0.2) is 76.6 Å². The Morgan fingerprint density at radius 1 is 1.17 bits per heavy atom. The largest absolute Gasteiger partial charge is 0.387 e. The van der Waals surface area contributed by atoms with Crippen LogP contribution in [0, 0.1) is 5.41 Å². The number of aromatic nitrogens is 3. The third-order valence-corrected chi connectivity index (χ3v) is 7.46. The predicted molar refractivity (Wildman–Crippen MR) is 115 cm³/mol. The van der Waals surface area contributed by atoms with Gasteiger partial charge in [-0.3, -0.25) is 4.79 Å². The van der Waals surface area contributed by atoms with Crippen molar-refractivity contribution < 1.29 is 9.84 Å². The molecule has 0 aromatic carbocycles. The van der Waals surface area contributed by atoms with Gasteiger partial charge in [0, 0.05) is 44.0 Å². The molecule has 2 saturated heterocycles. The highest BCUT2D eigenvalue weighted by Crippen LogP contribution is 2.51. The average Bonchev–Trinajstić information content (AvgIpc) is 3.24. The number of fused-ring (bicyclic) bond motifs is 1. The summed E-state index contributed by atoms with van der Waals surface area (Å²) in [5.74, 6) is 0.641. The zero-order valence-electron chi connectivity index (χ0n) is 17.7. The number of aliphatic hydroxyl groups is 1. The second-order valence-electron chi connectivity index (χ2n) is 9.32. The van der Waals surface area contributed by atoms with Crippen LogP contribution in [0.15, 0.2) is 23.3 Å². The fraction of sp³-hybridized carbons (Fsp3) is 0.682. The quantitative estimate of drug-likeness (QED) is 0.811. The number of hydrogen-bond acceptors (Lipinski definition) is 7. The van der Waals surface area contributed by atoms with Crippen LogP contribution in [0.2, 0.25) is 0 Å². The minimum absolute atomic E-state index is 0.120. The molecule has 4 heterocycles. The number of piperidine rings is 1. The van der Waals surface area contributed by atoms with Gasteiger partial charge in [-0.15, -0.1) is 0 Å². The van der Waals surface area contributed by atoms with E-state index in [1.807, 2.05) is 6.07 Å². The summed E-state index contributed by atoms with van der Waals surface area (Å²) in [6, 6.07) is 1.88. The summed E-state index contributed by atoms with van der Waals surface area (Å²) in [6.45, 7) is 4.93. The molecule has 162 valence electrons. The monoisotopic (exact) mass is 413 g/mol. The number of nitrogens with zero attached hydrogens (tertiary/aromatic N) is 5. The number of pyridine rings is 1. The molecule has 0 radical (unpaired) electrons. The maximum atomic E-state index is 13.2. The van der Waals surface area contributed by atoms with Gasteiger partial charge >= 0.3 is 0 Å². The van der Waals surface area contributed by atoms with Gasteiger partial charge < -0.3 is 24.2 Å². The van der Waals surface area contributed by atoms with E-state index < -0.39 is 5.60 Å². The zero-order chi connectivity index (χ0) is 20.8. The van der Waals surface area contributed by atoms with Crippen molar-refractivity contribution in [2.45, 2.75) is 44.2 Å². The van der Waals surface area contributed by atoms with Gasteiger partial charge in [-0.1, -0.05) is 12.8 Å². The van der Waals surface area contributed by atoms with Crippen LogP contribution < -0.4 is 10.5 Å². The first-order valence-corrected chi connectivity index (χ1v) is 11.1. The number of morpholine rings is 1. The lowest BCUT2D eigenvalue weighted by molar-refractivity contribution is -0.139. The molecule has 1 atom stereocenters. The van der Waals surface area contributed by atoms with Crippen molar-refractivity contribution in [3.63, 3.8) is 0 Å². The Bertz CT molecular complexity index is 980. The molecule has 3 fully saturated rings. The van der Waals surface area contributed by atoms with Gasteiger partial charge in [0.15, 0.2) is 0 Å². The molecule has 0 bridgehead atoms. The van der Waals surface area contributed by atoms with Crippen LogP contribution in [0.1, 0.15) is 32.1 Å². The molecule has 2 aliphatic heterocycles. The molecular weight excluding hydrogens is 382 g/mol. The summed E-state index contributed by atoms with van der Waals surface area (Å²) in [5, 5.41) is 12.3. The summed E-state index contributed by atoms with van der Waals surface area (Å²) < 4.78 is 7.07. The van der Waals surface area contributed by atoms with Gasteiger partial charge in [0.05, 0.1) is 36.3 Å². The molecule has 8 nitrogen and oxygen atoms in total. The average molecular weight is 414 g/mol. The second-order valence-corrected chi connectivity index (χ2v) is 9.32. The lowest BCUT2D eigenvalue weighted by Gasteiger charge is -2.51. The SMILES string of the molecule is CN1CCC(O)(Cn2ccc3nc(N4CCOCC4)ncc3c2=O)C2(CCCC2)C1. The van der Waals surface area contributed by atoms with E-state index in [0.29, 0.717) is 43.0 Å². The van der Waals surface area contributed by atoms with Crippen LogP contribution in [0.25, 0.3) is 10.9 Å². The summed E-state index contributed by atoms with van der Waals surface area (Å²) >= 11 is 0. The third-order valence-electron chi connectivity index (χ3n) is 7.46. The molecule has 1 spiro atoms. The first-order valence-electron chi connectivity index (χ1n) is 11.1. The fourth-order valence-electron chi connectivity index (χ4n) is 5.69. The van der Waals surface area contributed by atoms with Gasteiger partial charge in [-0.05, 0) is 32.4 Å². The lowest BCUT2D eigenvalue weighted by atomic mass is 9.66. The lowest BCUT2D eigenvalue weighted by Crippen LogP contribution is -2.60. The highest BCUT2D eigenvalue weighted by Gasteiger charge is 2.54. The van der Waals surface area contributed by atoms with E-state index in [1.165, 1.54) is 0 Å². The molecule has 2 aromatic rings.